The molecule has 0 N–H and O–H groups in total. The van der Waals surface area contributed by atoms with E-state index in [1.54, 1.807) is 26.0 Å². The maximum Gasteiger partial charge on any atom is 0.338 e. The number of rotatable bonds is 7. The molecule has 0 bridgehead atoms. The van der Waals surface area contributed by atoms with Crippen molar-refractivity contribution in [2.45, 2.75) is 41.5 Å². The predicted molar refractivity (Wildman–Crippen MR) is 79.1 cm³/mol. The van der Waals surface area contributed by atoms with Crippen molar-refractivity contribution in [1.82, 2.24) is 0 Å². The normalized spacial score (nSPS) is 12.8. The third-order valence-electron chi connectivity index (χ3n) is 2.28. The second-order valence-electron chi connectivity index (χ2n) is 5.09. The maximum atomic E-state index is 12.1. The van der Waals surface area contributed by atoms with Gasteiger partial charge in [0.25, 0.3) is 0 Å². The van der Waals surface area contributed by atoms with E-state index in [0.29, 0.717) is 0 Å². The molecular formula is C16H26O4. The first-order chi connectivity index (χ1) is 9.33. The summed E-state index contributed by atoms with van der Waals surface area (Å²) < 4.78 is 10.1. The molecule has 20 heavy (non-hydrogen) atoms. The Morgan fingerprint density at radius 3 is 1.30 bits per heavy atom. The molecule has 0 heterocycles. The fourth-order valence-electron chi connectivity index (χ4n) is 1.62. The van der Waals surface area contributed by atoms with Crippen LogP contribution in [0.25, 0.3) is 0 Å². The van der Waals surface area contributed by atoms with Gasteiger partial charge in [0.15, 0.2) is 0 Å². The van der Waals surface area contributed by atoms with Gasteiger partial charge in [-0.2, -0.15) is 0 Å². The summed E-state index contributed by atoms with van der Waals surface area (Å²) in [7, 11) is 0. The van der Waals surface area contributed by atoms with Crippen LogP contribution in [0.5, 0.6) is 0 Å². The zero-order valence-corrected chi connectivity index (χ0v) is 13.4. The zero-order valence-electron chi connectivity index (χ0n) is 13.4. The highest BCUT2D eigenvalue weighted by Crippen LogP contribution is 2.19. The van der Waals surface area contributed by atoms with Gasteiger partial charge in [0.1, 0.15) is 0 Å². The summed E-state index contributed by atoms with van der Waals surface area (Å²) in [5, 5.41) is 0. The fraction of sp³-hybridized carbons (Fsp3) is 0.625. The molecule has 0 aliphatic rings. The molecule has 0 radical (unpaired) electrons. The highest BCUT2D eigenvalue weighted by Gasteiger charge is 2.23. The zero-order chi connectivity index (χ0) is 15.7. The summed E-state index contributed by atoms with van der Waals surface area (Å²) in [5.41, 5.74) is 0.572. The van der Waals surface area contributed by atoms with Gasteiger partial charge in [-0.05, 0) is 25.7 Å². The summed E-state index contributed by atoms with van der Waals surface area (Å²) in [6.07, 6.45) is 3.48. The van der Waals surface area contributed by atoms with Gasteiger partial charge in [-0.15, -0.1) is 0 Å². The molecule has 0 saturated heterocycles. The molecule has 0 aromatic rings. The van der Waals surface area contributed by atoms with Crippen molar-refractivity contribution in [3.8, 4) is 0 Å². The standard InChI is InChI=1S/C16H26O4/c1-7-19-15(17)13(9-11(3)4)14(10-12(5)6)16(18)20-8-2/h9-12H,7-8H2,1-6H3. The van der Waals surface area contributed by atoms with Gasteiger partial charge in [0, 0.05) is 0 Å². The van der Waals surface area contributed by atoms with Gasteiger partial charge in [0.05, 0.1) is 24.4 Å². The first-order valence-corrected chi connectivity index (χ1v) is 7.11. The van der Waals surface area contributed by atoms with Crippen molar-refractivity contribution < 1.29 is 19.1 Å². The molecule has 4 heteroatoms. The predicted octanol–water partition coefficient (Wildman–Crippen LogP) is 3.28. The summed E-state index contributed by atoms with van der Waals surface area (Å²) in [5.74, 6) is -0.721. The first-order valence-electron chi connectivity index (χ1n) is 7.11. The molecule has 0 atom stereocenters. The third-order valence-corrected chi connectivity index (χ3v) is 2.28. The molecule has 0 aromatic carbocycles. The van der Waals surface area contributed by atoms with E-state index in [1.165, 1.54) is 0 Å². The van der Waals surface area contributed by atoms with E-state index in [-0.39, 0.29) is 36.2 Å². The van der Waals surface area contributed by atoms with Gasteiger partial charge < -0.3 is 9.47 Å². The molecule has 0 amide bonds. The number of hydrogen-bond donors (Lipinski definition) is 0. The summed E-state index contributed by atoms with van der Waals surface area (Å²) in [6.45, 7) is 11.8. The van der Waals surface area contributed by atoms with Crippen molar-refractivity contribution in [2.24, 2.45) is 11.8 Å². The van der Waals surface area contributed by atoms with Crippen molar-refractivity contribution in [3.05, 3.63) is 23.3 Å². The lowest BCUT2D eigenvalue weighted by Gasteiger charge is -2.13. The van der Waals surface area contributed by atoms with Gasteiger partial charge in [-0.25, -0.2) is 9.59 Å². The van der Waals surface area contributed by atoms with E-state index in [4.69, 9.17) is 9.47 Å². The minimum atomic E-state index is -0.485. The molecule has 0 spiro atoms. The SMILES string of the molecule is CCOC(=O)C(=CC(C)C)C(=CC(C)C)C(=O)OCC. The van der Waals surface area contributed by atoms with Crippen LogP contribution in [0.1, 0.15) is 41.5 Å². The maximum absolute atomic E-state index is 12.1. The van der Waals surface area contributed by atoms with Crippen molar-refractivity contribution >= 4 is 11.9 Å². The van der Waals surface area contributed by atoms with Crippen molar-refractivity contribution in [1.29, 1.82) is 0 Å². The molecule has 0 unspecified atom stereocenters. The van der Waals surface area contributed by atoms with E-state index in [1.807, 2.05) is 27.7 Å². The number of hydrogen-bond acceptors (Lipinski definition) is 4. The van der Waals surface area contributed by atoms with Crippen LogP contribution in [0.15, 0.2) is 23.3 Å². The van der Waals surface area contributed by atoms with Gasteiger partial charge in [0.2, 0.25) is 0 Å². The highest BCUT2D eigenvalue weighted by atomic mass is 16.5. The number of esters is 2. The lowest BCUT2D eigenvalue weighted by atomic mass is 9.98. The molecule has 4 nitrogen and oxygen atoms in total. The Balaban J connectivity index is 5.64. The van der Waals surface area contributed by atoms with E-state index in [9.17, 15) is 9.59 Å². The lowest BCUT2D eigenvalue weighted by Crippen LogP contribution is -2.18. The molecule has 0 fully saturated rings. The quantitative estimate of drug-likeness (QED) is 0.408. The third kappa shape index (κ3) is 6.55. The van der Waals surface area contributed by atoms with Crippen LogP contribution >= 0.6 is 0 Å². The van der Waals surface area contributed by atoms with Crippen LogP contribution in [0.4, 0.5) is 0 Å². The smallest absolute Gasteiger partial charge is 0.338 e. The molecular weight excluding hydrogens is 256 g/mol. The second kappa shape index (κ2) is 9.34. The Morgan fingerprint density at radius 1 is 0.800 bits per heavy atom. The summed E-state index contributed by atoms with van der Waals surface area (Å²) >= 11 is 0. The van der Waals surface area contributed by atoms with E-state index in [0.717, 1.165) is 0 Å². The number of carbonyl (C=O) groups excluding carboxylic acids is 2. The van der Waals surface area contributed by atoms with E-state index < -0.39 is 11.9 Å². The van der Waals surface area contributed by atoms with Crippen molar-refractivity contribution in [2.75, 3.05) is 13.2 Å². The highest BCUT2D eigenvalue weighted by molar-refractivity contribution is 6.07. The summed E-state index contributed by atoms with van der Waals surface area (Å²) in [6, 6.07) is 0. The van der Waals surface area contributed by atoms with Crippen LogP contribution in [-0.4, -0.2) is 25.2 Å². The van der Waals surface area contributed by atoms with E-state index in [2.05, 4.69) is 0 Å². The molecule has 0 saturated carbocycles. The van der Waals surface area contributed by atoms with Crippen LogP contribution in [-0.2, 0) is 19.1 Å². The molecule has 0 aliphatic carbocycles. The van der Waals surface area contributed by atoms with Crippen LogP contribution in [0.2, 0.25) is 0 Å². The Bertz CT molecular complexity index is 351. The van der Waals surface area contributed by atoms with Crippen molar-refractivity contribution in [3.63, 3.8) is 0 Å². The number of carbonyl (C=O) groups is 2. The Hall–Kier alpha value is -1.58. The number of allylic oxidation sites excluding steroid dienone is 2. The molecule has 114 valence electrons. The Morgan fingerprint density at radius 2 is 1.10 bits per heavy atom. The second-order valence-corrected chi connectivity index (χ2v) is 5.09. The molecule has 0 aliphatic heterocycles. The van der Waals surface area contributed by atoms with Gasteiger partial charge in [-0.3, -0.25) is 0 Å². The first kappa shape index (κ1) is 18.4. The average Bonchev–Trinajstić information content (AvgIpc) is 2.33. The minimum absolute atomic E-state index is 0.124. The van der Waals surface area contributed by atoms with Gasteiger partial charge >= 0.3 is 11.9 Å². The van der Waals surface area contributed by atoms with Gasteiger partial charge in [-0.1, -0.05) is 39.8 Å². The lowest BCUT2D eigenvalue weighted by molar-refractivity contribution is -0.142. The largest absolute Gasteiger partial charge is 0.462 e. The monoisotopic (exact) mass is 282 g/mol. The number of ether oxygens (including phenoxy) is 2. The summed E-state index contributed by atoms with van der Waals surface area (Å²) in [4.78, 5) is 24.1. The van der Waals surface area contributed by atoms with Crippen LogP contribution in [0, 0.1) is 11.8 Å². The van der Waals surface area contributed by atoms with Crippen LogP contribution < -0.4 is 0 Å². The van der Waals surface area contributed by atoms with Crippen LogP contribution in [0.3, 0.4) is 0 Å². The molecule has 0 rings (SSSR count). The minimum Gasteiger partial charge on any atom is -0.462 e. The van der Waals surface area contributed by atoms with E-state index >= 15 is 0 Å². The Kier molecular flexibility index (Phi) is 8.61. The average molecular weight is 282 g/mol. The topological polar surface area (TPSA) is 52.6 Å². The Labute approximate surface area is 121 Å². The fourth-order valence-corrected chi connectivity index (χ4v) is 1.62. The molecule has 0 aromatic heterocycles.